The summed E-state index contributed by atoms with van der Waals surface area (Å²) >= 11 is 0. The Morgan fingerprint density at radius 3 is 2.70 bits per heavy atom. The lowest BCUT2D eigenvalue weighted by molar-refractivity contribution is 0.480. The molecular weight excluding hydrogens is 250 g/mol. The van der Waals surface area contributed by atoms with Gasteiger partial charge in [0.25, 0.3) is 0 Å². The molecule has 3 rings (SSSR count). The molecule has 0 saturated heterocycles. The Hall–Kier alpha value is -2.62. The normalized spacial score (nSPS) is 10.7. The van der Waals surface area contributed by atoms with Gasteiger partial charge in [0.15, 0.2) is 0 Å². The van der Waals surface area contributed by atoms with Crippen LogP contribution in [0.4, 0.5) is 5.69 Å². The van der Waals surface area contributed by atoms with Crippen molar-refractivity contribution in [2.45, 2.75) is 13.8 Å². The van der Waals surface area contributed by atoms with Crippen molar-refractivity contribution in [3.05, 3.63) is 54.0 Å². The van der Waals surface area contributed by atoms with Crippen LogP contribution in [0, 0.1) is 13.8 Å². The number of rotatable bonds is 2. The number of aryl methyl sites for hydroxylation is 2. The molecule has 0 unspecified atom stereocenters. The number of pyridine rings is 2. The largest absolute Gasteiger partial charge is 0.455 e. The molecule has 0 saturated carbocycles. The topological polar surface area (TPSA) is 61.0 Å². The fraction of sp³-hybridized carbons (Fsp3) is 0.125. The Morgan fingerprint density at radius 1 is 1.05 bits per heavy atom. The van der Waals surface area contributed by atoms with Crippen LogP contribution in [0.25, 0.3) is 10.9 Å². The summed E-state index contributed by atoms with van der Waals surface area (Å²) in [6.07, 6.45) is 1.75. The molecule has 1 aromatic carbocycles. The highest BCUT2D eigenvalue weighted by Gasteiger charge is 2.08. The van der Waals surface area contributed by atoms with Crippen LogP contribution in [0.2, 0.25) is 0 Å². The van der Waals surface area contributed by atoms with Crippen LogP contribution in [-0.2, 0) is 0 Å². The second-order valence-electron chi connectivity index (χ2n) is 4.73. The number of fused-ring (bicyclic) bond motifs is 1. The van der Waals surface area contributed by atoms with E-state index in [-0.39, 0.29) is 0 Å². The maximum atomic E-state index is 6.00. The molecular formula is C16H15N3O. The highest BCUT2D eigenvalue weighted by molar-refractivity contribution is 5.88. The number of nitrogens with zero attached hydrogens (tertiary/aromatic N) is 2. The number of nitrogens with two attached hydrogens (primary N) is 1. The van der Waals surface area contributed by atoms with E-state index in [9.17, 15) is 0 Å². The van der Waals surface area contributed by atoms with Gasteiger partial charge in [-0.3, -0.25) is 9.97 Å². The summed E-state index contributed by atoms with van der Waals surface area (Å²) in [6, 6.07) is 11.3. The van der Waals surface area contributed by atoms with Crippen molar-refractivity contribution in [1.82, 2.24) is 9.97 Å². The quantitative estimate of drug-likeness (QED) is 0.719. The maximum Gasteiger partial charge on any atom is 0.148 e. The minimum Gasteiger partial charge on any atom is -0.455 e. The van der Waals surface area contributed by atoms with Gasteiger partial charge in [-0.25, -0.2) is 0 Å². The van der Waals surface area contributed by atoms with E-state index in [1.807, 2.05) is 50.2 Å². The summed E-state index contributed by atoms with van der Waals surface area (Å²) < 4.78 is 6.00. The number of aromatic nitrogens is 2. The first-order chi connectivity index (χ1) is 9.63. The minimum atomic E-state index is 0.691. The molecule has 20 heavy (non-hydrogen) atoms. The number of hydrogen-bond donors (Lipinski definition) is 1. The number of benzene rings is 1. The van der Waals surface area contributed by atoms with E-state index in [4.69, 9.17) is 10.5 Å². The summed E-state index contributed by atoms with van der Waals surface area (Å²) in [4.78, 5) is 8.72. The van der Waals surface area contributed by atoms with Gasteiger partial charge in [-0.2, -0.15) is 0 Å². The van der Waals surface area contributed by atoms with Gasteiger partial charge in [-0.05, 0) is 44.2 Å². The van der Waals surface area contributed by atoms with Gasteiger partial charge in [-0.15, -0.1) is 0 Å². The first-order valence-electron chi connectivity index (χ1n) is 6.40. The van der Waals surface area contributed by atoms with Gasteiger partial charge in [0, 0.05) is 29.0 Å². The van der Waals surface area contributed by atoms with Crippen LogP contribution in [0.3, 0.4) is 0 Å². The van der Waals surface area contributed by atoms with Crippen LogP contribution >= 0.6 is 0 Å². The molecule has 4 heteroatoms. The van der Waals surface area contributed by atoms with Crippen LogP contribution in [-0.4, -0.2) is 9.97 Å². The number of nitrogen functional groups attached to an aromatic ring is 1. The zero-order valence-electron chi connectivity index (χ0n) is 11.4. The summed E-state index contributed by atoms with van der Waals surface area (Å²) in [6.45, 7) is 3.86. The van der Waals surface area contributed by atoms with E-state index in [0.717, 1.165) is 33.8 Å². The molecule has 0 aliphatic rings. The van der Waals surface area contributed by atoms with Crippen LogP contribution in [0.15, 0.2) is 42.6 Å². The summed E-state index contributed by atoms with van der Waals surface area (Å²) in [5.41, 5.74) is 9.17. The zero-order chi connectivity index (χ0) is 14.1. The molecule has 4 nitrogen and oxygen atoms in total. The molecule has 100 valence electrons. The Balaban J connectivity index is 2.15. The van der Waals surface area contributed by atoms with Crippen molar-refractivity contribution < 1.29 is 4.74 Å². The van der Waals surface area contributed by atoms with Crippen molar-refractivity contribution in [3.63, 3.8) is 0 Å². The summed E-state index contributed by atoms with van der Waals surface area (Å²) in [5, 5.41) is 0.902. The van der Waals surface area contributed by atoms with Crippen molar-refractivity contribution >= 4 is 16.6 Å². The molecule has 0 bridgehead atoms. The van der Waals surface area contributed by atoms with E-state index in [0.29, 0.717) is 5.69 Å². The average molecular weight is 265 g/mol. The van der Waals surface area contributed by atoms with Crippen molar-refractivity contribution in [2.24, 2.45) is 0 Å². The van der Waals surface area contributed by atoms with E-state index >= 15 is 0 Å². The summed E-state index contributed by atoms with van der Waals surface area (Å²) in [7, 11) is 0. The lowest BCUT2D eigenvalue weighted by Crippen LogP contribution is -1.94. The minimum absolute atomic E-state index is 0.691. The second kappa shape index (κ2) is 4.81. The molecule has 0 spiro atoms. The SMILES string of the molecule is Cc1cc(Oc2cccnc2C)c2cc(N)ccc2n1. The third kappa shape index (κ3) is 2.28. The van der Waals surface area contributed by atoms with Gasteiger partial charge in [0.1, 0.15) is 11.5 Å². The molecule has 0 aliphatic heterocycles. The predicted molar refractivity (Wildman–Crippen MR) is 79.9 cm³/mol. The monoisotopic (exact) mass is 265 g/mol. The lowest BCUT2D eigenvalue weighted by Gasteiger charge is -2.11. The van der Waals surface area contributed by atoms with Crippen molar-refractivity contribution in [2.75, 3.05) is 5.73 Å². The van der Waals surface area contributed by atoms with E-state index < -0.39 is 0 Å². The van der Waals surface area contributed by atoms with Crippen molar-refractivity contribution in [3.8, 4) is 11.5 Å². The van der Waals surface area contributed by atoms with Crippen molar-refractivity contribution in [1.29, 1.82) is 0 Å². The Bertz CT molecular complexity index is 784. The Labute approximate surface area is 117 Å². The highest BCUT2D eigenvalue weighted by Crippen LogP contribution is 2.31. The van der Waals surface area contributed by atoms with Gasteiger partial charge in [0.2, 0.25) is 0 Å². The molecule has 0 radical (unpaired) electrons. The van der Waals surface area contributed by atoms with Gasteiger partial charge in [-0.1, -0.05) is 0 Å². The molecule has 0 amide bonds. The van der Waals surface area contributed by atoms with Gasteiger partial charge < -0.3 is 10.5 Å². The molecule has 2 N–H and O–H groups in total. The molecule has 0 fully saturated rings. The third-order valence-corrected chi connectivity index (χ3v) is 3.10. The number of anilines is 1. The second-order valence-corrected chi connectivity index (χ2v) is 4.73. The highest BCUT2D eigenvalue weighted by atomic mass is 16.5. The van der Waals surface area contributed by atoms with Crippen LogP contribution in [0.5, 0.6) is 11.5 Å². The third-order valence-electron chi connectivity index (χ3n) is 3.10. The van der Waals surface area contributed by atoms with Gasteiger partial charge in [0.05, 0.1) is 11.2 Å². The first-order valence-corrected chi connectivity index (χ1v) is 6.40. The fourth-order valence-electron chi connectivity index (χ4n) is 2.12. The number of hydrogen-bond acceptors (Lipinski definition) is 4. The lowest BCUT2D eigenvalue weighted by atomic mass is 10.1. The molecule has 0 aliphatic carbocycles. The van der Waals surface area contributed by atoms with E-state index in [2.05, 4.69) is 9.97 Å². The van der Waals surface area contributed by atoms with Crippen LogP contribution < -0.4 is 10.5 Å². The molecule has 2 aromatic heterocycles. The molecule has 2 heterocycles. The number of ether oxygens (including phenoxy) is 1. The first kappa shape index (κ1) is 12.4. The summed E-state index contributed by atoms with van der Waals surface area (Å²) in [5.74, 6) is 1.48. The Kier molecular flexibility index (Phi) is 2.99. The van der Waals surface area contributed by atoms with Crippen LogP contribution in [0.1, 0.15) is 11.4 Å². The Morgan fingerprint density at radius 2 is 1.90 bits per heavy atom. The fourth-order valence-corrected chi connectivity index (χ4v) is 2.12. The smallest absolute Gasteiger partial charge is 0.148 e. The standard InChI is InChI=1S/C16H15N3O/c1-10-8-16(20-15-4-3-7-18-11(15)2)13-9-12(17)5-6-14(13)19-10/h3-9H,17H2,1-2H3. The zero-order valence-corrected chi connectivity index (χ0v) is 11.4. The molecule has 0 atom stereocenters. The van der Waals surface area contributed by atoms with E-state index in [1.54, 1.807) is 6.20 Å². The molecule has 3 aromatic rings. The average Bonchev–Trinajstić information content (AvgIpc) is 2.42. The van der Waals surface area contributed by atoms with E-state index in [1.165, 1.54) is 0 Å². The van der Waals surface area contributed by atoms with Gasteiger partial charge >= 0.3 is 0 Å². The maximum absolute atomic E-state index is 6.00. The predicted octanol–water partition coefficient (Wildman–Crippen LogP) is 3.62.